The molecule has 1 fully saturated rings. The van der Waals surface area contributed by atoms with Gasteiger partial charge in [0.25, 0.3) is 0 Å². The number of ether oxygens (including phenoxy) is 2. The molecule has 0 N–H and O–H groups in total. The van der Waals surface area contributed by atoms with Crippen LogP contribution in [0.1, 0.15) is 5.56 Å². The van der Waals surface area contributed by atoms with Gasteiger partial charge < -0.3 is 19.4 Å². The topological polar surface area (TPSA) is 61.9 Å². The summed E-state index contributed by atoms with van der Waals surface area (Å²) in [6.07, 6.45) is 0.169. The fourth-order valence-electron chi connectivity index (χ4n) is 2.12. The maximum atomic E-state index is 10.7. The Kier molecular flexibility index (Phi) is 3.88. The highest BCUT2D eigenvalue weighted by atomic mass is 16.6. The lowest BCUT2D eigenvalue weighted by Crippen LogP contribution is -2.24. The molecule has 108 valence electrons. The average Bonchev–Trinajstić information content (AvgIpc) is 3.29. The molecule has 2 aromatic carbocycles. The first kappa shape index (κ1) is 13.6. The monoisotopic (exact) mass is 283 g/mol. The number of rotatable bonds is 6. The van der Waals surface area contributed by atoms with E-state index in [1.165, 1.54) is 0 Å². The third kappa shape index (κ3) is 3.83. The maximum Gasteiger partial charge on any atom is 0.119 e. The summed E-state index contributed by atoms with van der Waals surface area (Å²) in [5.41, 5.74) is 2.73. The minimum Gasteiger partial charge on any atom is -0.550 e. The lowest BCUT2D eigenvalue weighted by atomic mass is 10.0. The summed E-state index contributed by atoms with van der Waals surface area (Å²) in [7, 11) is 0. The van der Waals surface area contributed by atoms with Gasteiger partial charge in [-0.15, -0.1) is 0 Å². The number of carbonyl (C=O) groups excluding carboxylic acids is 1. The first-order chi connectivity index (χ1) is 10.2. The molecule has 1 aliphatic heterocycles. The van der Waals surface area contributed by atoms with Gasteiger partial charge >= 0.3 is 0 Å². The fraction of sp³-hybridized carbons (Fsp3) is 0.235. The zero-order valence-corrected chi connectivity index (χ0v) is 11.5. The Balaban J connectivity index is 1.71. The number of carboxylic acids is 1. The molecule has 1 unspecified atom stereocenters. The second kappa shape index (κ2) is 5.97. The number of epoxide rings is 1. The van der Waals surface area contributed by atoms with Crippen molar-refractivity contribution in [2.24, 2.45) is 0 Å². The Morgan fingerprint density at radius 1 is 1.19 bits per heavy atom. The van der Waals surface area contributed by atoms with Crippen molar-refractivity contribution < 1.29 is 19.4 Å². The molecule has 0 aromatic heterocycles. The van der Waals surface area contributed by atoms with E-state index in [4.69, 9.17) is 9.47 Å². The average molecular weight is 283 g/mol. The lowest BCUT2D eigenvalue weighted by Gasteiger charge is -2.08. The van der Waals surface area contributed by atoms with E-state index in [1.807, 2.05) is 42.5 Å². The van der Waals surface area contributed by atoms with Crippen LogP contribution in [0.15, 0.2) is 48.5 Å². The van der Waals surface area contributed by atoms with Crippen molar-refractivity contribution in [3.63, 3.8) is 0 Å². The molecule has 2 aromatic rings. The Morgan fingerprint density at radius 3 is 2.62 bits per heavy atom. The summed E-state index contributed by atoms with van der Waals surface area (Å²) in [6, 6.07) is 15.2. The maximum absolute atomic E-state index is 10.7. The number of hydrogen-bond acceptors (Lipinski definition) is 4. The molecular weight excluding hydrogens is 268 g/mol. The van der Waals surface area contributed by atoms with Gasteiger partial charge in [-0.3, -0.25) is 0 Å². The van der Waals surface area contributed by atoms with Crippen LogP contribution < -0.4 is 9.84 Å². The van der Waals surface area contributed by atoms with Crippen molar-refractivity contribution in [2.75, 3.05) is 13.2 Å². The number of carboxylic acid groups (broad SMARTS) is 1. The summed E-state index contributed by atoms with van der Waals surface area (Å²) in [4.78, 5) is 10.7. The molecule has 1 atom stereocenters. The molecule has 3 rings (SSSR count). The van der Waals surface area contributed by atoms with Crippen molar-refractivity contribution in [1.82, 2.24) is 0 Å². The molecule has 1 saturated heterocycles. The van der Waals surface area contributed by atoms with Crippen LogP contribution in [0.5, 0.6) is 5.75 Å². The van der Waals surface area contributed by atoms with Crippen LogP contribution in [-0.4, -0.2) is 25.3 Å². The first-order valence-electron chi connectivity index (χ1n) is 6.84. The molecule has 0 aliphatic carbocycles. The van der Waals surface area contributed by atoms with E-state index < -0.39 is 5.97 Å². The van der Waals surface area contributed by atoms with E-state index in [1.54, 1.807) is 6.07 Å². The van der Waals surface area contributed by atoms with Gasteiger partial charge in [-0.25, -0.2) is 0 Å². The molecule has 0 saturated carbocycles. The molecule has 4 heteroatoms. The zero-order chi connectivity index (χ0) is 14.7. The standard InChI is InChI=1S/C17H16O4/c18-17(19)9-12-2-1-3-14(8-12)13-4-6-15(7-5-13)20-10-16-11-21-16/h1-8,16H,9-11H2,(H,18,19)/p-1. The van der Waals surface area contributed by atoms with Gasteiger partial charge in [0.1, 0.15) is 18.5 Å². The van der Waals surface area contributed by atoms with Gasteiger partial charge in [0.05, 0.1) is 6.61 Å². The van der Waals surface area contributed by atoms with Crippen molar-refractivity contribution >= 4 is 5.97 Å². The Morgan fingerprint density at radius 2 is 1.95 bits per heavy atom. The minimum absolute atomic E-state index is 0.0730. The highest BCUT2D eigenvalue weighted by molar-refractivity contribution is 5.70. The van der Waals surface area contributed by atoms with Crippen molar-refractivity contribution in [3.05, 3.63) is 54.1 Å². The minimum atomic E-state index is -1.07. The molecule has 21 heavy (non-hydrogen) atoms. The zero-order valence-electron chi connectivity index (χ0n) is 11.5. The van der Waals surface area contributed by atoms with Crippen LogP contribution in [0.25, 0.3) is 11.1 Å². The van der Waals surface area contributed by atoms with Gasteiger partial charge in [0, 0.05) is 12.4 Å². The SMILES string of the molecule is O=C([O-])Cc1cccc(-c2ccc(OCC3CO3)cc2)c1. The molecule has 0 radical (unpaired) electrons. The number of benzene rings is 2. The summed E-state index contributed by atoms with van der Waals surface area (Å²) < 4.78 is 10.7. The Hall–Kier alpha value is -2.33. The normalized spacial score (nSPS) is 16.5. The molecular formula is C17H15O4-. The van der Waals surface area contributed by atoms with Crippen LogP contribution >= 0.6 is 0 Å². The number of hydrogen-bond donors (Lipinski definition) is 0. The van der Waals surface area contributed by atoms with Gasteiger partial charge in [0.2, 0.25) is 0 Å². The number of aliphatic carboxylic acids is 1. The summed E-state index contributed by atoms with van der Waals surface area (Å²) in [6.45, 7) is 1.36. The lowest BCUT2D eigenvalue weighted by molar-refractivity contribution is -0.304. The predicted octanol–water partition coefficient (Wildman–Crippen LogP) is 1.42. The fourth-order valence-corrected chi connectivity index (χ4v) is 2.12. The van der Waals surface area contributed by atoms with E-state index in [0.717, 1.165) is 29.0 Å². The highest BCUT2D eigenvalue weighted by Crippen LogP contribution is 2.24. The van der Waals surface area contributed by atoms with Gasteiger partial charge in [-0.05, 0) is 28.8 Å². The van der Waals surface area contributed by atoms with Crippen molar-refractivity contribution in [3.8, 4) is 16.9 Å². The summed E-state index contributed by atoms with van der Waals surface area (Å²) in [5.74, 6) is -0.265. The molecule has 4 nitrogen and oxygen atoms in total. The largest absolute Gasteiger partial charge is 0.550 e. The second-order valence-electron chi connectivity index (χ2n) is 5.04. The second-order valence-corrected chi connectivity index (χ2v) is 5.04. The van der Waals surface area contributed by atoms with E-state index in [2.05, 4.69) is 0 Å². The first-order valence-corrected chi connectivity index (χ1v) is 6.84. The van der Waals surface area contributed by atoms with Crippen LogP contribution in [0.3, 0.4) is 0 Å². The summed E-state index contributed by atoms with van der Waals surface area (Å²) in [5, 5.41) is 10.7. The van der Waals surface area contributed by atoms with Crippen LogP contribution in [-0.2, 0) is 16.0 Å². The molecule has 0 amide bonds. The van der Waals surface area contributed by atoms with Crippen LogP contribution in [0, 0.1) is 0 Å². The van der Waals surface area contributed by atoms with Gasteiger partial charge in [-0.1, -0.05) is 36.4 Å². The Labute approximate surface area is 122 Å². The van der Waals surface area contributed by atoms with E-state index >= 15 is 0 Å². The van der Waals surface area contributed by atoms with Crippen LogP contribution in [0.2, 0.25) is 0 Å². The van der Waals surface area contributed by atoms with Gasteiger partial charge in [0.15, 0.2) is 0 Å². The van der Waals surface area contributed by atoms with Crippen molar-refractivity contribution in [1.29, 1.82) is 0 Å². The molecule has 0 spiro atoms. The summed E-state index contributed by atoms with van der Waals surface area (Å²) >= 11 is 0. The Bertz CT molecular complexity index is 629. The van der Waals surface area contributed by atoms with E-state index in [0.29, 0.717) is 6.61 Å². The van der Waals surface area contributed by atoms with E-state index in [9.17, 15) is 9.90 Å². The predicted molar refractivity (Wildman–Crippen MR) is 75.8 cm³/mol. The third-order valence-corrected chi connectivity index (χ3v) is 3.30. The third-order valence-electron chi connectivity index (χ3n) is 3.30. The van der Waals surface area contributed by atoms with Gasteiger partial charge in [-0.2, -0.15) is 0 Å². The number of carbonyl (C=O) groups is 1. The van der Waals surface area contributed by atoms with E-state index in [-0.39, 0.29) is 12.5 Å². The molecule has 1 aliphatic rings. The smallest absolute Gasteiger partial charge is 0.119 e. The molecule has 0 bridgehead atoms. The highest BCUT2D eigenvalue weighted by Gasteiger charge is 2.22. The van der Waals surface area contributed by atoms with Crippen LogP contribution in [0.4, 0.5) is 0 Å². The molecule has 1 heterocycles. The quantitative estimate of drug-likeness (QED) is 0.752. The van der Waals surface area contributed by atoms with Crippen molar-refractivity contribution in [2.45, 2.75) is 12.5 Å².